The molecule has 0 unspecified atom stereocenters. The summed E-state index contributed by atoms with van der Waals surface area (Å²) in [5.41, 5.74) is 0.399. The van der Waals surface area contributed by atoms with E-state index in [0.29, 0.717) is 17.3 Å². The summed E-state index contributed by atoms with van der Waals surface area (Å²) in [4.78, 5) is 17.8. The van der Waals surface area contributed by atoms with Gasteiger partial charge in [0, 0.05) is 10.3 Å². The molecule has 2 rings (SSSR count). The highest BCUT2D eigenvalue weighted by Gasteiger charge is 2.17. The van der Waals surface area contributed by atoms with Gasteiger partial charge in [-0.15, -0.1) is 22.7 Å². The number of aromatic nitrogens is 1. The number of nitrogens with zero attached hydrogens (tertiary/aromatic N) is 1. The van der Waals surface area contributed by atoms with Gasteiger partial charge in [0.05, 0.1) is 16.5 Å². The van der Waals surface area contributed by atoms with Crippen LogP contribution in [0.3, 0.4) is 0 Å². The van der Waals surface area contributed by atoms with E-state index < -0.39 is 0 Å². The van der Waals surface area contributed by atoms with Gasteiger partial charge in [0.1, 0.15) is 5.01 Å². The van der Waals surface area contributed by atoms with Gasteiger partial charge in [-0.3, -0.25) is 0 Å². The molecule has 2 aromatic heterocycles. The standard InChI is InChI=1S/C11H10ClNO2S2/c1-3-15-11(14)9-6(2)17-10(13-9)8-4-7(12)5-16-8/h4-5H,3H2,1-2H3. The Bertz CT molecular complexity index is 547. The second-order valence-corrected chi connectivity index (χ2v) is 5.82. The van der Waals surface area contributed by atoms with Crippen LogP contribution in [0.25, 0.3) is 9.88 Å². The van der Waals surface area contributed by atoms with E-state index in [1.54, 1.807) is 6.92 Å². The van der Waals surface area contributed by atoms with Gasteiger partial charge in [-0.2, -0.15) is 0 Å². The molecule has 0 saturated carbocycles. The number of carbonyl (C=O) groups excluding carboxylic acids is 1. The van der Waals surface area contributed by atoms with Crippen molar-refractivity contribution >= 4 is 40.2 Å². The first-order valence-electron chi connectivity index (χ1n) is 5.00. The summed E-state index contributed by atoms with van der Waals surface area (Å²) in [6.45, 7) is 4.00. The van der Waals surface area contributed by atoms with Crippen molar-refractivity contribution in [1.82, 2.24) is 4.98 Å². The highest BCUT2D eigenvalue weighted by Crippen LogP contribution is 2.33. The Kier molecular flexibility index (Phi) is 3.81. The fourth-order valence-electron chi connectivity index (χ4n) is 1.32. The summed E-state index contributed by atoms with van der Waals surface area (Å²) < 4.78 is 4.95. The van der Waals surface area contributed by atoms with Gasteiger partial charge >= 0.3 is 5.97 Å². The molecule has 3 nitrogen and oxygen atoms in total. The molecule has 0 fully saturated rings. The number of rotatable bonds is 3. The van der Waals surface area contributed by atoms with Crippen molar-refractivity contribution in [2.24, 2.45) is 0 Å². The molecule has 2 aromatic rings. The van der Waals surface area contributed by atoms with E-state index in [-0.39, 0.29) is 5.97 Å². The smallest absolute Gasteiger partial charge is 0.358 e. The SMILES string of the molecule is CCOC(=O)c1nc(-c2cc(Cl)cs2)sc1C. The number of halogens is 1. The molecule has 2 heterocycles. The Morgan fingerprint density at radius 2 is 2.35 bits per heavy atom. The maximum atomic E-state index is 11.6. The first kappa shape index (κ1) is 12.5. The minimum Gasteiger partial charge on any atom is -0.461 e. The van der Waals surface area contributed by atoms with E-state index in [1.807, 2.05) is 18.4 Å². The number of thiazole rings is 1. The molecule has 0 aliphatic heterocycles. The van der Waals surface area contributed by atoms with Gasteiger partial charge in [0.15, 0.2) is 5.69 Å². The lowest BCUT2D eigenvalue weighted by Crippen LogP contribution is -2.06. The summed E-state index contributed by atoms with van der Waals surface area (Å²) in [5.74, 6) is -0.366. The first-order chi connectivity index (χ1) is 8.11. The summed E-state index contributed by atoms with van der Waals surface area (Å²) in [5, 5.41) is 3.34. The van der Waals surface area contributed by atoms with Crippen molar-refractivity contribution in [1.29, 1.82) is 0 Å². The van der Waals surface area contributed by atoms with E-state index in [4.69, 9.17) is 16.3 Å². The van der Waals surface area contributed by atoms with Crippen molar-refractivity contribution in [2.75, 3.05) is 6.61 Å². The van der Waals surface area contributed by atoms with Crippen molar-refractivity contribution in [3.63, 3.8) is 0 Å². The van der Waals surface area contributed by atoms with Gasteiger partial charge < -0.3 is 4.74 Å². The van der Waals surface area contributed by atoms with Gasteiger partial charge in [0.25, 0.3) is 0 Å². The van der Waals surface area contributed by atoms with Crippen LogP contribution in [0, 0.1) is 6.92 Å². The third-order valence-electron chi connectivity index (χ3n) is 2.04. The molecule has 0 saturated heterocycles. The zero-order valence-electron chi connectivity index (χ0n) is 9.32. The van der Waals surface area contributed by atoms with E-state index in [0.717, 1.165) is 14.8 Å². The lowest BCUT2D eigenvalue weighted by atomic mass is 10.4. The highest BCUT2D eigenvalue weighted by atomic mass is 35.5. The second kappa shape index (κ2) is 5.16. The van der Waals surface area contributed by atoms with E-state index >= 15 is 0 Å². The molecule has 0 amide bonds. The molecule has 90 valence electrons. The fourth-order valence-corrected chi connectivity index (χ4v) is 3.35. The van der Waals surface area contributed by atoms with Crippen LogP contribution in [0.1, 0.15) is 22.3 Å². The zero-order valence-corrected chi connectivity index (χ0v) is 11.7. The predicted molar refractivity (Wildman–Crippen MR) is 71.1 cm³/mol. The van der Waals surface area contributed by atoms with Gasteiger partial charge in [-0.25, -0.2) is 9.78 Å². The molecule has 0 N–H and O–H groups in total. The highest BCUT2D eigenvalue weighted by molar-refractivity contribution is 7.21. The van der Waals surface area contributed by atoms with Crippen molar-refractivity contribution in [2.45, 2.75) is 13.8 Å². The minimum atomic E-state index is -0.366. The molecule has 0 aliphatic rings. The topological polar surface area (TPSA) is 39.2 Å². The Hall–Kier alpha value is -0.910. The van der Waals surface area contributed by atoms with Crippen molar-refractivity contribution in [3.8, 4) is 9.88 Å². The molecule has 0 atom stereocenters. The normalized spacial score (nSPS) is 10.5. The van der Waals surface area contributed by atoms with Crippen LogP contribution in [0.5, 0.6) is 0 Å². The van der Waals surface area contributed by atoms with E-state index in [9.17, 15) is 4.79 Å². The third kappa shape index (κ3) is 2.68. The van der Waals surface area contributed by atoms with Crippen LogP contribution in [-0.4, -0.2) is 17.6 Å². The molecular formula is C11H10ClNO2S2. The van der Waals surface area contributed by atoms with Crippen LogP contribution in [-0.2, 0) is 4.74 Å². The van der Waals surface area contributed by atoms with Gasteiger partial charge in [0.2, 0.25) is 0 Å². The molecule has 6 heteroatoms. The Labute approximate surface area is 112 Å². The van der Waals surface area contributed by atoms with Crippen LogP contribution >= 0.6 is 34.3 Å². The van der Waals surface area contributed by atoms with Crippen molar-refractivity contribution < 1.29 is 9.53 Å². The maximum Gasteiger partial charge on any atom is 0.358 e. The Morgan fingerprint density at radius 1 is 1.59 bits per heavy atom. The van der Waals surface area contributed by atoms with Crippen LogP contribution in [0.4, 0.5) is 0 Å². The van der Waals surface area contributed by atoms with Crippen LogP contribution in [0.15, 0.2) is 11.4 Å². The molecule has 0 spiro atoms. The number of hydrogen-bond donors (Lipinski definition) is 0. The summed E-state index contributed by atoms with van der Waals surface area (Å²) in [6.07, 6.45) is 0. The van der Waals surface area contributed by atoms with E-state index in [1.165, 1.54) is 22.7 Å². The monoisotopic (exact) mass is 287 g/mol. The Balaban J connectivity index is 2.33. The first-order valence-corrected chi connectivity index (χ1v) is 7.08. The number of esters is 1. The van der Waals surface area contributed by atoms with Gasteiger partial charge in [-0.05, 0) is 19.9 Å². The second-order valence-electron chi connectivity index (χ2n) is 3.27. The van der Waals surface area contributed by atoms with Crippen LogP contribution < -0.4 is 0 Å². The van der Waals surface area contributed by atoms with Gasteiger partial charge in [-0.1, -0.05) is 11.6 Å². The number of carbonyl (C=O) groups is 1. The molecule has 17 heavy (non-hydrogen) atoms. The van der Waals surface area contributed by atoms with E-state index in [2.05, 4.69) is 4.98 Å². The van der Waals surface area contributed by atoms with Crippen molar-refractivity contribution in [3.05, 3.63) is 27.0 Å². The molecular weight excluding hydrogens is 278 g/mol. The number of thiophene rings is 1. The largest absolute Gasteiger partial charge is 0.461 e. The lowest BCUT2D eigenvalue weighted by Gasteiger charge is -1.97. The molecule has 0 bridgehead atoms. The molecule has 0 aromatic carbocycles. The zero-order chi connectivity index (χ0) is 12.4. The molecule has 0 aliphatic carbocycles. The summed E-state index contributed by atoms with van der Waals surface area (Å²) in [7, 11) is 0. The number of ether oxygens (including phenoxy) is 1. The third-order valence-corrected chi connectivity index (χ3v) is 4.46. The lowest BCUT2D eigenvalue weighted by molar-refractivity contribution is 0.0519. The fraction of sp³-hybridized carbons (Fsp3) is 0.273. The Morgan fingerprint density at radius 3 is 2.94 bits per heavy atom. The minimum absolute atomic E-state index is 0.357. The number of hydrogen-bond acceptors (Lipinski definition) is 5. The predicted octanol–water partition coefficient (Wildman–Crippen LogP) is 4.01. The number of aryl methyl sites for hydroxylation is 1. The summed E-state index contributed by atoms with van der Waals surface area (Å²) in [6, 6.07) is 1.85. The average Bonchev–Trinajstić information content (AvgIpc) is 2.85. The average molecular weight is 288 g/mol. The quantitative estimate of drug-likeness (QED) is 0.801. The molecule has 0 radical (unpaired) electrons. The maximum absolute atomic E-state index is 11.6. The summed E-state index contributed by atoms with van der Waals surface area (Å²) >= 11 is 8.85. The van der Waals surface area contributed by atoms with Crippen LogP contribution in [0.2, 0.25) is 5.02 Å².